The molecule has 1 aromatic heterocycles. The molecule has 3 heterocycles. The van der Waals surface area contributed by atoms with Crippen LogP contribution in [0.3, 0.4) is 0 Å². The van der Waals surface area contributed by atoms with Crippen molar-refractivity contribution in [2.75, 3.05) is 18.0 Å². The number of piperidine rings is 1. The fraction of sp³-hybridized carbons (Fsp3) is 0.421. The quantitative estimate of drug-likeness (QED) is 0.881. The van der Waals surface area contributed by atoms with Gasteiger partial charge in [0, 0.05) is 30.8 Å². The molecule has 0 saturated carbocycles. The number of aromatic amines is 1. The van der Waals surface area contributed by atoms with Crippen molar-refractivity contribution in [3.63, 3.8) is 0 Å². The Bertz CT molecular complexity index is 808. The van der Waals surface area contributed by atoms with E-state index in [2.05, 4.69) is 14.9 Å². The summed E-state index contributed by atoms with van der Waals surface area (Å²) in [6.07, 6.45) is 5.44. The molecule has 136 valence electrons. The van der Waals surface area contributed by atoms with Crippen molar-refractivity contribution in [3.8, 4) is 0 Å². The highest BCUT2D eigenvalue weighted by Crippen LogP contribution is 2.25. The first-order valence-corrected chi connectivity index (χ1v) is 9.03. The molecule has 7 heteroatoms. The topological polar surface area (TPSA) is 89.5 Å². The summed E-state index contributed by atoms with van der Waals surface area (Å²) < 4.78 is 0. The first kappa shape index (κ1) is 16.6. The van der Waals surface area contributed by atoms with Crippen molar-refractivity contribution >= 4 is 17.6 Å². The molecule has 26 heavy (non-hydrogen) atoms. The molecule has 1 aromatic carbocycles. The molecule has 2 aromatic rings. The lowest BCUT2D eigenvalue weighted by atomic mass is 10.0. The number of fused-ring (bicyclic) bond motifs is 1. The van der Waals surface area contributed by atoms with Gasteiger partial charge in [0.2, 0.25) is 0 Å². The van der Waals surface area contributed by atoms with Crippen LogP contribution in [0.5, 0.6) is 0 Å². The third-order valence-corrected chi connectivity index (χ3v) is 5.28. The molecule has 1 amide bonds. The minimum absolute atomic E-state index is 0.228. The van der Waals surface area contributed by atoms with E-state index in [-0.39, 0.29) is 18.9 Å². The van der Waals surface area contributed by atoms with Crippen LogP contribution in [0.1, 0.15) is 41.0 Å². The number of carbonyl (C=O) groups excluding carboxylic acids is 1. The summed E-state index contributed by atoms with van der Waals surface area (Å²) in [5, 5.41) is 9.54. The summed E-state index contributed by atoms with van der Waals surface area (Å²) in [5.41, 5.74) is 3.16. The maximum atomic E-state index is 12.9. The number of aliphatic carboxylic acids is 1. The normalized spacial score (nSPS) is 19.9. The Morgan fingerprint density at radius 1 is 1.12 bits per heavy atom. The highest BCUT2D eigenvalue weighted by molar-refractivity contribution is 5.97. The molecular weight excluding hydrogens is 332 g/mol. The largest absolute Gasteiger partial charge is 0.480 e. The number of hydrogen-bond donors (Lipinski definition) is 2. The van der Waals surface area contributed by atoms with Crippen molar-refractivity contribution in [3.05, 3.63) is 47.5 Å². The number of carboxylic acids is 1. The lowest BCUT2D eigenvalue weighted by Gasteiger charge is -2.32. The first-order valence-electron chi connectivity index (χ1n) is 9.03. The minimum Gasteiger partial charge on any atom is -0.480 e. The van der Waals surface area contributed by atoms with Crippen LogP contribution in [0.2, 0.25) is 0 Å². The van der Waals surface area contributed by atoms with Crippen LogP contribution in [0.15, 0.2) is 30.6 Å². The molecule has 1 saturated heterocycles. The molecule has 2 N–H and O–H groups in total. The number of hydrogen-bond acceptors (Lipinski definition) is 4. The maximum absolute atomic E-state index is 12.9. The van der Waals surface area contributed by atoms with Crippen LogP contribution in [-0.2, 0) is 17.8 Å². The molecule has 2 aliphatic heterocycles. The molecule has 0 unspecified atom stereocenters. The van der Waals surface area contributed by atoms with E-state index in [1.54, 1.807) is 18.5 Å². The van der Waals surface area contributed by atoms with Crippen LogP contribution >= 0.6 is 0 Å². The van der Waals surface area contributed by atoms with Crippen molar-refractivity contribution in [1.29, 1.82) is 0 Å². The molecule has 1 atom stereocenters. The van der Waals surface area contributed by atoms with E-state index in [4.69, 9.17) is 0 Å². The average Bonchev–Trinajstić information content (AvgIpc) is 3.15. The van der Waals surface area contributed by atoms with Crippen molar-refractivity contribution in [2.24, 2.45) is 0 Å². The van der Waals surface area contributed by atoms with Crippen molar-refractivity contribution in [2.45, 2.75) is 38.3 Å². The van der Waals surface area contributed by atoms with Gasteiger partial charge in [-0.15, -0.1) is 0 Å². The highest BCUT2D eigenvalue weighted by atomic mass is 16.4. The Balaban J connectivity index is 1.55. The molecule has 2 aliphatic rings. The summed E-state index contributed by atoms with van der Waals surface area (Å²) in [7, 11) is 0. The average molecular weight is 354 g/mol. The Hall–Kier alpha value is -2.83. The first-order chi connectivity index (χ1) is 12.6. The fourth-order valence-electron chi connectivity index (χ4n) is 3.80. The van der Waals surface area contributed by atoms with Gasteiger partial charge < -0.3 is 19.9 Å². The monoisotopic (exact) mass is 354 g/mol. The van der Waals surface area contributed by atoms with Gasteiger partial charge in [-0.2, -0.15) is 0 Å². The number of nitrogens with zero attached hydrogens (tertiary/aromatic N) is 3. The number of imidazole rings is 1. The fourth-order valence-corrected chi connectivity index (χ4v) is 3.80. The van der Waals surface area contributed by atoms with Crippen molar-refractivity contribution in [1.82, 2.24) is 14.9 Å². The number of amides is 1. The Morgan fingerprint density at radius 3 is 2.54 bits per heavy atom. The second-order valence-electron chi connectivity index (χ2n) is 6.91. The molecule has 0 bridgehead atoms. The van der Waals surface area contributed by atoms with Crippen molar-refractivity contribution < 1.29 is 14.7 Å². The molecule has 7 nitrogen and oxygen atoms in total. The van der Waals surface area contributed by atoms with Crippen LogP contribution in [-0.4, -0.2) is 51.0 Å². The predicted molar refractivity (Wildman–Crippen MR) is 96.1 cm³/mol. The summed E-state index contributed by atoms with van der Waals surface area (Å²) in [6.45, 7) is 2.32. The Kier molecular flexibility index (Phi) is 4.36. The zero-order chi connectivity index (χ0) is 18.1. The summed E-state index contributed by atoms with van der Waals surface area (Å²) >= 11 is 0. The lowest BCUT2D eigenvalue weighted by molar-refractivity contribution is -0.142. The highest BCUT2D eigenvalue weighted by Gasteiger charge is 2.36. The van der Waals surface area contributed by atoms with E-state index in [9.17, 15) is 14.7 Å². The predicted octanol–water partition coefficient (Wildman–Crippen LogP) is 2.05. The van der Waals surface area contributed by atoms with Gasteiger partial charge in [0.15, 0.2) is 0 Å². The number of aromatic nitrogens is 2. The summed E-state index contributed by atoms with van der Waals surface area (Å²) in [6, 6.07) is 6.63. The van der Waals surface area contributed by atoms with E-state index in [0.29, 0.717) is 5.56 Å². The van der Waals surface area contributed by atoms with Gasteiger partial charge in [0.05, 0.1) is 24.3 Å². The molecule has 4 rings (SSSR count). The van der Waals surface area contributed by atoms with Gasteiger partial charge in [-0.1, -0.05) is 0 Å². The SMILES string of the molecule is O=C(O)[C@@H]1Cc2nc[nH]c2CN1C(=O)c1ccc(N2CCCCC2)cc1. The van der Waals surface area contributed by atoms with E-state index in [1.165, 1.54) is 24.2 Å². The summed E-state index contributed by atoms with van der Waals surface area (Å²) in [5.74, 6) is -1.26. The van der Waals surface area contributed by atoms with E-state index in [0.717, 1.165) is 30.2 Å². The number of carbonyl (C=O) groups is 2. The number of anilines is 1. The van der Waals surface area contributed by atoms with Crippen LogP contribution in [0, 0.1) is 0 Å². The smallest absolute Gasteiger partial charge is 0.326 e. The summed E-state index contributed by atoms with van der Waals surface area (Å²) in [4.78, 5) is 35.5. The van der Waals surface area contributed by atoms with E-state index in [1.807, 2.05) is 12.1 Å². The van der Waals surface area contributed by atoms with Crippen LogP contribution in [0.4, 0.5) is 5.69 Å². The van der Waals surface area contributed by atoms with Gasteiger partial charge in [0.25, 0.3) is 5.91 Å². The zero-order valence-corrected chi connectivity index (χ0v) is 14.5. The molecule has 1 fully saturated rings. The Morgan fingerprint density at radius 2 is 1.85 bits per heavy atom. The molecular formula is C19H22N4O3. The van der Waals surface area contributed by atoms with Crippen LogP contribution in [0.25, 0.3) is 0 Å². The van der Waals surface area contributed by atoms with Gasteiger partial charge in [-0.05, 0) is 43.5 Å². The van der Waals surface area contributed by atoms with Crippen LogP contribution < -0.4 is 4.90 Å². The zero-order valence-electron chi connectivity index (χ0n) is 14.5. The van der Waals surface area contributed by atoms with Gasteiger partial charge in [-0.25, -0.2) is 9.78 Å². The maximum Gasteiger partial charge on any atom is 0.326 e. The number of H-pyrrole nitrogens is 1. The third-order valence-electron chi connectivity index (χ3n) is 5.28. The molecule has 0 aliphatic carbocycles. The lowest BCUT2D eigenvalue weighted by Crippen LogP contribution is -2.48. The van der Waals surface area contributed by atoms with Gasteiger partial charge in [-0.3, -0.25) is 4.79 Å². The second-order valence-corrected chi connectivity index (χ2v) is 6.91. The minimum atomic E-state index is -1.00. The molecule has 0 radical (unpaired) electrons. The second kappa shape index (κ2) is 6.82. The van der Waals surface area contributed by atoms with E-state index < -0.39 is 12.0 Å². The number of benzene rings is 1. The standard InChI is InChI=1S/C19H22N4O3/c24-18(13-4-6-14(7-5-13)22-8-2-1-3-9-22)23-11-16-15(20-12-21-16)10-17(23)19(25)26/h4-7,12,17H,1-3,8-11H2,(H,20,21)(H,25,26)/t17-/m0/s1. The van der Waals surface area contributed by atoms with Gasteiger partial charge in [0.1, 0.15) is 6.04 Å². The number of rotatable bonds is 3. The number of nitrogens with one attached hydrogen (secondary N) is 1. The van der Waals surface area contributed by atoms with Gasteiger partial charge >= 0.3 is 5.97 Å². The Labute approximate surface area is 151 Å². The number of carboxylic acid groups (broad SMARTS) is 1. The molecule has 0 spiro atoms. The third kappa shape index (κ3) is 3.05. The van der Waals surface area contributed by atoms with E-state index >= 15 is 0 Å².